The Morgan fingerprint density at radius 3 is 2.67 bits per heavy atom. The van der Waals surface area contributed by atoms with Gasteiger partial charge in [-0.3, -0.25) is 4.79 Å². The van der Waals surface area contributed by atoms with Crippen LogP contribution in [0.5, 0.6) is 0 Å². The lowest BCUT2D eigenvalue weighted by atomic mass is 10.1. The Balaban J connectivity index is 1.97. The zero-order valence-corrected chi connectivity index (χ0v) is 13.1. The minimum atomic E-state index is -0.0891. The van der Waals surface area contributed by atoms with Gasteiger partial charge in [-0.05, 0) is 17.7 Å². The van der Waals surface area contributed by atoms with Gasteiger partial charge in [0.2, 0.25) is 5.91 Å². The van der Waals surface area contributed by atoms with Crippen LogP contribution in [0.25, 0.3) is 0 Å². The van der Waals surface area contributed by atoms with Crippen molar-refractivity contribution >= 4 is 28.1 Å². The molecule has 0 aliphatic heterocycles. The number of carbonyl (C=O) groups is 1. The predicted molar refractivity (Wildman–Crippen MR) is 88.0 cm³/mol. The van der Waals surface area contributed by atoms with E-state index in [0.717, 1.165) is 12.1 Å². The van der Waals surface area contributed by atoms with Gasteiger partial charge < -0.3 is 16.0 Å². The maximum Gasteiger partial charge on any atom is 0.227 e. The van der Waals surface area contributed by atoms with Gasteiger partial charge in [-0.2, -0.15) is 0 Å². The molecule has 0 saturated carbocycles. The zero-order chi connectivity index (χ0) is 15.2. The molecule has 112 valence electrons. The van der Waals surface area contributed by atoms with Crippen LogP contribution in [0.1, 0.15) is 17.7 Å². The second-order valence-corrected chi connectivity index (χ2v) is 5.83. The fourth-order valence-electron chi connectivity index (χ4n) is 1.88. The normalized spacial score (nSPS) is 10.4. The topological polar surface area (TPSA) is 71.2 Å². The van der Waals surface area contributed by atoms with Crippen molar-refractivity contribution < 1.29 is 4.79 Å². The van der Waals surface area contributed by atoms with Gasteiger partial charge in [-0.25, -0.2) is 4.98 Å². The van der Waals surface area contributed by atoms with Crippen LogP contribution in [0.3, 0.4) is 0 Å². The molecule has 0 bridgehead atoms. The summed E-state index contributed by atoms with van der Waals surface area (Å²) in [7, 11) is 4.04. The Hall–Kier alpha value is -1.92. The first-order chi connectivity index (χ1) is 10.1. The molecule has 0 aliphatic carbocycles. The molecule has 0 fully saturated rings. The number of nitrogens with two attached hydrogens (primary N) is 1. The van der Waals surface area contributed by atoms with Crippen LogP contribution in [0.4, 0.5) is 10.8 Å². The Kier molecular flexibility index (Phi) is 5.30. The molecule has 1 amide bonds. The largest absolute Gasteiger partial charge is 0.378 e. The summed E-state index contributed by atoms with van der Waals surface area (Å²) in [4.78, 5) is 17.9. The summed E-state index contributed by atoms with van der Waals surface area (Å²) >= 11 is 1.44. The van der Waals surface area contributed by atoms with Crippen molar-refractivity contribution in [1.82, 2.24) is 4.98 Å². The highest BCUT2D eigenvalue weighted by atomic mass is 32.1. The maximum atomic E-state index is 11.5. The minimum Gasteiger partial charge on any atom is -0.378 e. The van der Waals surface area contributed by atoms with Crippen LogP contribution < -0.4 is 16.0 Å². The fraction of sp³-hybridized carbons (Fsp3) is 0.333. The molecule has 1 aromatic heterocycles. The van der Waals surface area contributed by atoms with E-state index in [1.54, 1.807) is 0 Å². The molecular formula is C15H20N4OS. The second-order valence-electron chi connectivity index (χ2n) is 4.97. The lowest BCUT2D eigenvalue weighted by Crippen LogP contribution is -2.16. The van der Waals surface area contributed by atoms with E-state index in [1.807, 2.05) is 19.5 Å². The lowest BCUT2D eigenvalue weighted by Gasteiger charge is -2.12. The van der Waals surface area contributed by atoms with E-state index in [0.29, 0.717) is 18.1 Å². The highest BCUT2D eigenvalue weighted by Crippen LogP contribution is 2.19. The molecule has 0 unspecified atom stereocenters. The van der Waals surface area contributed by atoms with E-state index in [4.69, 9.17) is 5.73 Å². The summed E-state index contributed by atoms with van der Waals surface area (Å²) < 4.78 is 0. The van der Waals surface area contributed by atoms with Gasteiger partial charge in [0.1, 0.15) is 0 Å². The maximum absolute atomic E-state index is 11.5. The van der Waals surface area contributed by atoms with Gasteiger partial charge in [-0.15, -0.1) is 11.3 Å². The molecular weight excluding hydrogens is 284 g/mol. The summed E-state index contributed by atoms with van der Waals surface area (Å²) in [6, 6.07) is 8.37. The van der Waals surface area contributed by atoms with Gasteiger partial charge in [0.25, 0.3) is 0 Å². The molecule has 0 aliphatic rings. The molecule has 1 aromatic carbocycles. The van der Waals surface area contributed by atoms with E-state index >= 15 is 0 Å². The number of hydrogen-bond donors (Lipinski definition) is 2. The van der Waals surface area contributed by atoms with Crippen LogP contribution in [0.15, 0.2) is 29.6 Å². The van der Waals surface area contributed by atoms with Crippen LogP contribution in [0, 0.1) is 0 Å². The van der Waals surface area contributed by atoms with Crippen molar-refractivity contribution in [3.05, 3.63) is 40.9 Å². The Morgan fingerprint density at radius 1 is 1.33 bits per heavy atom. The summed E-state index contributed by atoms with van der Waals surface area (Å²) in [5.74, 6) is -0.0891. The summed E-state index contributed by atoms with van der Waals surface area (Å²) in [6.45, 7) is 0.349. The average Bonchev–Trinajstić information content (AvgIpc) is 2.86. The molecule has 6 heteroatoms. The van der Waals surface area contributed by atoms with E-state index in [1.165, 1.54) is 22.6 Å². The Morgan fingerprint density at radius 2 is 2.05 bits per heavy atom. The van der Waals surface area contributed by atoms with Gasteiger partial charge in [-0.1, -0.05) is 12.1 Å². The van der Waals surface area contributed by atoms with Crippen molar-refractivity contribution in [3.8, 4) is 0 Å². The highest BCUT2D eigenvalue weighted by Gasteiger charge is 2.06. The van der Waals surface area contributed by atoms with Crippen molar-refractivity contribution in [2.24, 2.45) is 5.73 Å². The van der Waals surface area contributed by atoms with Crippen molar-refractivity contribution in [2.75, 3.05) is 30.9 Å². The number of rotatable bonds is 6. The van der Waals surface area contributed by atoms with E-state index < -0.39 is 0 Å². The molecule has 1 heterocycles. The first kappa shape index (κ1) is 15.5. The highest BCUT2D eigenvalue weighted by molar-refractivity contribution is 7.13. The van der Waals surface area contributed by atoms with Crippen molar-refractivity contribution in [1.29, 1.82) is 0 Å². The zero-order valence-electron chi connectivity index (χ0n) is 12.3. The number of thiazole rings is 1. The molecule has 21 heavy (non-hydrogen) atoms. The average molecular weight is 304 g/mol. The van der Waals surface area contributed by atoms with Crippen LogP contribution in [-0.4, -0.2) is 31.5 Å². The van der Waals surface area contributed by atoms with Gasteiger partial charge in [0.05, 0.1) is 5.69 Å². The molecule has 0 spiro atoms. The number of nitrogens with one attached hydrogen (secondary N) is 1. The van der Waals surface area contributed by atoms with Gasteiger partial charge >= 0.3 is 0 Å². The van der Waals surface area contributed by atoms with E-state index in [-0.39, 0.29) is 5.91 Å². The first-order valence-electron chi connectivity index (χ1n) is 6.79. The molecule has 0 saturated heterocycles. The molecule has 2 rings (SSSR count). The third-order valence-corrected chi connectivity index (χ3v) is 3.81. The van der Waals surface area contributed by atoms with Crippen LogP contribution in [0.2, 0.25) is 0 Å². The summed E-state index contributed by atoms with van der Waals surface area (Å²) in [6.07, 6.45) is 1.08. The minimum absolute atomic E-state index is 0.0891. The second kappa shape index (κ2) is 7.19. The number of anilines is 2. The Labute approximate surface area is 128 Å². The first-order valence-corrected chi connectivity index (χ1v) is 7.67. The molecule has 0 atom stereocenters. The number of carbonyl (C=O) groups excluding carboxylic acids is 1. The fourth-order valence-corrected chi connectivity index (χ4v) is 2.61. The number of benzene rings is 1. The van der Waals surface area contributed by atoms with Gasteiger partial charge in [0, 0.05) is 44.5 Å². The number of hydrogen-bond acceptors (Lipinski definition) is 5. The van der Waals surface area contributed by atoms with E-state index in [9.17, 15) is 4.79 Å². The van der Waals surface area contributed by atoms with Crippen molar-refractivity contribution in [3.63, 3.8) is 0 Å². The SMILES string of the molecule is CN(C)c1ccc(Cc2csc(NC(=O)CCN)n2)cc1. The lowest BCUT2D eigenvalue weighted by molar-refractivity contribution is -0.116. The molecule has 0 radical (unpaired) electrons. The standard InChI is InChI=1S/C15H20N4OS/c1-19(2)13-5-3-11(4-6-13)9-12-10-21-15(17-12)18-14(20)7-8-16/h3-6,10H,7-9,16H2,1-2H3,(H,17,18,20). The summed E-state index contributed by atoms with van der Waals surface area (Å²) in [5, 5.41) is 5.36. The third kappa shape index (κ3) is 4.54. The predicted octanol–water partition coefficient (Wildman–Crippen LogP) is 2.09. The number of aromatic nitrogens is 1. The smallest absolute Gasteiger partial charge is 0.227 e. The molecule has 5 nitrogen and oxygen atoms in total. The number of nitrogens with zero attached hydrogens (tertiary/aromatic N) is 2. The summed E-state index contributed by atoms with van der Waals surface area (Å²) in [5.41, 5.74) is 8.67. The van der Waals surface area contributed by atoms with Crippen LogP contribution >= 0.6 is 11.3 Å². The molecule has 3 N–H and O–H groups in total. The molecule has 2 aromatic rings. The third-order valence-electron chi connectivity index (χ3n) is 3.01. The monoisotopic (exact) mass is 304 g/mol. The number of amides is 1. The van der Waals surface area contributed by atoms with Crippen molar-refractivity contribution in [2.45, 2.75) is 12.8 Å². The van der Waals surface area contributed by atoms with E-state index in [2.05, 4.69) is 39.5 Å². The van der Waals surface area contributed by atoms with Crippen LogP contribution in [-0.2, 0) is 11.2 Å². The quantitative estimate of drug-likeness (QED) is 0.857. The van der Waals surface area contributed by atoms with Gasteiger partial charge in [0.15, 0.2) is 5.13 Å². The Bertz CT molecular complexity index is 592.